The lowest BCUT2D eigenvalue weighted by molar-refractivity contribution is -0.140. The highest BCUT2D eigenvalue weighted by molar-refractivity contribution is 7.92. The highest BCUT2D eigenvalue weighted by Gasteiger charge is 2.32. The van der Waals surface area contributed by atoms with Crippen molar-refractivity contribution in [3.63, 3.8) is 0 Å². The number of carbonyl (C=O) groups is 2. The molecule has 0 saturated carbocycles. The normalized spacial score (nSPS) is 13.1. The van der Waals surface area contributed by atoms with Gasteiger partial charge in [0, 0.05) is 12.6 Å². The van der Waals surface area contributed by atoms with Crippen molar-refractivity contribution in [3.05, 3.63) is 66.0 Å². The Balaban J connectivity index is 2.39. The van der Waals surface area contributed by atoms with Crippen LogP contribution in [0.1, 0.15) is 39.2 Å². The van der Waals surface area contributed by atoms with Crippen LogP contribution in [0.25, 0.3) is 0 Å². The van der Waals surface area contributed by atoms with E-state index in [1.807, 2.05) is 44.2 Å². The summed E-state index contributed by atoms with van der Waals surface area (Å²) in [5.74, 6) is -1.33. The number of hydrogen-bond donors (Lipinski definition) is 1. The Bertz CT molecular complexity index is 1030. The summed E-state index contributed by atoms with van der Waals surface area (Å²) in [5.41, 5.74) is 0.984. The first-order chi connectivity index (χ1) is 15.6. The Morgan fingerprint density at radius 3 is 2.12 bits per heavy atom. The zero-order chi connectivity index (χ0) is 24.6. The lowest BCUT2D eigenvalue weighted by Crippen LogP contribution is -2.53. The van der Waals surface area contributed by atoms with E-state index in [2.05, 4.69) is 5.32 Å². The fraction of sp³-hybridized carbons (Fsp3) is 0.417. The van der Waals surface area contributed by atoms with E-state index >= 15 is 0 Å². The van der Waals surface area contributed by atoms with Crippen molar-refractivity contribution < 1.29 is 22.4 Å². The summed E-state index contributed by atoms with van der Waals surface area (Å²) in [6.07, 6.45) is 2.08. The van der Waals surface area contributed by atoms with Crippen LogP contribution in [0.15, 0.2) is 54.6 Å². The standard InChI is InChI=1S/C24H32FN3O4S/c1-5-18(3)26-24(30)22(6-2)27(16-19-10-8-7-9-11-19)23(29)17-28(33(4,31)32)21-14-12-20(25)13-15-21/h7-15,18,22H,5-6,16-17H2,1-4H3,(H,26,30)/t18-,22-/m1/s1. The average Bonchev–Trinajstić information content (AvgIpc) is 2.77. The maximum Gasteiger partial charge on any atom is 0.244 e. The van der Waals surface area contributed by atoms with E-state index in [4.69, 9.17) is 0 Å². The molecule has 0 aliphatic rings. The summed E-state index contributed by atoms with van der Waals surface area (Å²) in [6.45, 7) is 5.28. The fourth-order valence-electron chi connectivity index (χ4n) is 3.36. The van der Waals surface area contributed by atoms with Crippen LogP contribution in [0.5, 0.6) is 0 Å². The van der Waals surface area contributed by atoms with Gasteiger partial charge in [-0.3, -0.25) is 13.9 Å². The molecule has 0 aliphatic carbocycles. The number of benzene rings is 2. The third kappa shape index (κ3) is 7.56. The number of anilines is 1. The monoisotopic (exact) mass is 477 g/mol. The van der Waals surface area contributed by atoms with Crippen molar-refractivity contribution in [1.29, 1.82) is 0 Å². The van der Waals surface area contributed by atoms with E-state index in [9.17, 15) is 22.4 Å². The van der Waals surface area contributed by atoms with Gasteiger partial charge in [-0.2, -0.15) is 0 Å². The maximum absolute atomic E-state index is 13.5. The molecule has 0 unspecified atom stereocenters. The largest absolute Gasteiger partial charge is 0.352 e. The van der Waals surface area contributed by atoms with Crippen molar-refractivity contribution in [2.24, 2.45) is 0 Å². The summed E-state index contributed by atoms with van der Waals surface area (Å²) >= 11 is 0. The van der Waals surface area contributed by atoms with Crippen LogP contribution in [0.4, 0.5) is 10.1 Å². The van der Waals surface area contributed by atoms with Gasteiger partial charge in [-0.15, -0.1) is 0 Å². The van der Waals surface area contributed by atoms with E-state index < -0.39 is 34.3 Å². The zero-order valence-electron chi connectivity index (χ0n) is 19.5. The van der Waals surface area contributed by atoms with Crippen LogP contribution < -0.4 is 9.62 Å². The number of amides is 2. The highest BCUT2D eigenvalue weighted by Crippen LogP contribution is 2.20. The van der Waals surface area contributed by atoms with E-state index in [0.29, 0.717) is 6.42 Å². The molecule has 1 N–H and O–H groups in total. The number of hydrogen-bond acceptors (Lipinski definition) is 4. The van der Waals surface area contributed by atoms with E-state index in [0.717, 1.165) is 34.7 Å². The first-order valence-electron chi connectivity index (χ1n) is 10.9. The third-order valence-corrected chi connectivity index (χ3v) is 6.52. The van der Waals surface area contributed by atoms with Crippen LogP contribution >= 0.6 is 0 Å². The van der Waals surface area contributed by atoms with E-state index in [1.165, 1.54) is 17.0 Å². The van der Waals surface area contributed by atoms with Gasteiger partial charge in [0.25, 0.3) is 0 Å². The van der Waals surface area contributed by atoms with Crippen molar-refractivity contribution >= 4 is 27.5 Å². The number of rotatable bonds is 11. The lowest BCUT2D eigenvalue weighted by atomic mass is 10.1. The van der Waals surface area contributed by atoms with Gasteiger partial charge in [-0.25, -0.2) is 12.8 Å². The molecule has 2 aromatic carbocycles. The molecule has 7 nitrogen and oxygen atoms in total. The van der Waals surface area contributed by atoms with Crippen LogP contribution in [0.2, 0.25) is 0 Å². The molecule has 33 heavy (non-hydrogen) atoms. The minimum atomic E-state index is -3.85. The van der Waals surface area contributed by atoms with Crippen molar-refractivity contribution in [1.82, 2.24) is 10.2 Å². The molecule has 0 bridgehead atoms. The minimum absolute atomic E-state index is 0.0630. The summed E-state index contributed by atoms with van der Waals surface area (Å²) < 4.78 is 39.2. The number of carbonyl (C=O) groups excluding carboxylic acids is 2. The molecule has 0 aromatic heterocycles. The topological polar surface area (TPSA) is 86.8 Å². The van der Waals surface area contributed by atoms with Crippen molar-refractivity contribution in [2.45, 2.75) is 52.2 Å². The third-order valence-electron chi connectivity index (χ3n) is 5.38. The summed E-state index contributed by atoms with van der Waals surface area (Å²) in [5, 5.41) is 2.92. The number of sulfonamides is 1. The Hall–Kier alpha value is -2.94. The number of nitrogens with one attached hydrogen (secondary N) is 1. The van der Waals surface area contributed by atoms with Gasteiger partial charge in [-0.1, -0.05) is 44.2 Å². The summed E-state index contributed by atoms with van der Waals surface area (Å²) in [7, 11) is -3.85. The van der Waals surface area contributed by atoms with Gasteiger partial charge in [0.05, 0.1) is 11.9 Å². The quantitative estimate of drug-likeness (QED) is 0.538. The highest BCUT2D eigenvalue weighted by atomic mass is 32.2. The molecule has 0 radical (unpaired) electrons. The Kier molecular flexibility index (Phi) is 9.40. The van der Waals surface area contributed by atoms with Gasteiger partial charge in [-0.05, 0) is 49.6 Å². The van der Waals surface area contributed by atoms with Gasteiger partial charge >= 0.3 is 0 Å². The van der Waals surface area contributed by atoms with Crippen LogP contribution in [0.3, 0.4) is 0 Å². The molecule has 2 aromatic rings. The predicted molar refractivity (Wildman–Crippen MR) is 128 cm³/mol. The molecule has 2 rings (SSSR count). The smallest absolute Gasteiger partial charge is 0.244 e. The fourth-order valence-corrected chi connectivity index (χ4v) is 4.21. The van der Waals surface area contributed by atoms with Gasteiger partial charge in [0.1, 0.15) is 18.4 Å². The van der Waals surface area contributed by atoms with Gasteiger partial charge in [0.15, 0.2) is 0 Å². The second-order valence-electron chi connectivity index (χ2n) is 8.00. The summed E-state index contributed by atoms with van der Waals surface area (Å²) in [4.78, 5) is 27.9. The molecule has 0 spiro atoms. The molecule has 9 heteroatoms. The van der Waals surface area contributed by atoms with Gasteiger partial charge < -0.3 is 10.2 Å². The minimum Gasteiger partial charge on any atom is -0.352 e. The molecule has 2 atom stereocenters. The summed E-state index contributed by atoms with van der Waals surface area (Å²) in [6, 6.07) is 13.2. The Morgan fingerprint density at radius 1 is 1.00 bits per heavy atom. The molecule has 0 aliphatic heterocycles. The Morgan fingerprint density at radius 2 is 1.61 bits per heavy atom. The molecule has 0 fully saturated rings. The van der Waals surface area contributed by atoms with E-state index in [1.54, 1.807) is 6.92 Å². The molecule has 180 valence electrons. The first-order valence-corrected chi connectivity index (χ1v) is 12.8. The Labute approximate surface area is 195 Å². The molecule has 0 heterocycles. The average molecular weight is 478 g/mol. The first kappa shape index (κ1) is 26.3. The van der Waals surface area contributed by atoms with Crippen LogP contribution in [0, 0.1) is 5.82 Å². The molecule has 0 saturated heterocycles. The SMILES string of the molecule is CC[C@@H](C)NC(=O)[C@@H](CC)N(Cc1ccccc1)C(=O)CN(c1ccc(F)cc1)S(C)(=O)=O. The predicted octanol–water partition coefficient (Wildman–Crippen LogP) is 3.31. The molecular weight excluding hydrogens is 445 g/mol. The molecule has 2 amide bonds. The van der Waals surface area contributed by atoms with Crippen molar-refractivity contribution in [2.75, 3.05) is 17.1 Å². The van der Waals surface area contributed by atoms with Gasteiger partial charge in [0.2, 0.25) is 21.8 Å². The van der Waals surface area contributed by atoms with Crippen molar-refractivity contribution in [3.8, 4) is 0 Å². The van der Waals surface area contributed by atoms with Crippen LogP contribution in [-0.2, 0) is 26.2 Å². The second kappa shape index (κ2) is 11.8. The number of nitrogens with zero attached hydrogens (tertiary/aromatic N) is 2. The number of halogens is 1. The van der Waals surface area contributed by atoms with Crippen LogP contribution in [-0.4, -0.2) is 50.0 Å². The lowest BCUT2D eigenvalue weighted by Gasteiger charge is -2.33. The second-order valence-corrected chi connectivity index (χ2v) is 9.90. The molecular formula is C24H32FN3O4S. The maximum atomic E-state index is 13.5. The van der Waals surface area contributed by atoms with E-state index in [-0.39, 0.29) is 24.2 Å². The zero-order valence-corrected chi connectivity index (χ0v) is 20.3.